The average molecular weight is 184 g/mol. The van der Waals surface area contributed by atoms with Gasteiger partial charge in [0.05, 0.1) is 0 Å². The molecule has 1 fully saturated rings. The molecule has 0 saturated carbocycles. The second-order valence-electron chi connectivity index (χ2n) is 3.88. The monoisotopic (exact) mass is 184 g/mol. The Balaban J connectivity index is 2.16. The van der Waals surface area contributed by atoms with Crippen LogP contribution in [0.3, 0.4) is 0 Å². The van der Waals surface area contributed by atoms with Crippen LogP contribution in [0, 0.1) is 5.92 Å². The van der Waals surface area contributed by atoms with Crippen LogP contribution in [0.4, 0.5) is 0 Å². The van der Waals surface area contributed by atoms with Crippen LogP contribution in [0.15, 0.2) is 4.99 Å². The van der Waals surface area contributed by atoms with Crippen molar-refractivity contribution in [1.29, 1.82) is 0 Å². The molecule has 0 bridgehead atoms. The predicted octanol–water partition coefficient (Wildman–Crippen LogP) is -0.00830. The lowest BCUT2D eigenvalue weighted by Gasteiger charge is -2.18. The fourth-order valence-corrected chi connectivity index (χ4v) is 1.72. The van der Waals surface area contributed by atoms with E-state index in [0.717, 1.165) is 13.1 Å². The van der Waals surface area contributed by atoms with E-state index >= 15 is 0 Å². The quantitative estimate of drug-likeness (QED) is 0.477. The van der Waals surface area contributed by atoms with E-state index in [1.807, 2.05) is 0 Å². The van der Waals surface area contributed by atoms with Crippen LogP contribution in [0.2, 0.25) is 0 Å². The minimum absolute atomic E-state index is 0.202. The number of guanidine groups is 1. The van der Waals surface area contributed by atoms with Crippen molar-refractivity contribution in [2.45, 2.75) is 19.8 Å². The Bertz CT molecular complexity index is 168. The molecule has 1 rings (SSSR count). The molecule has 1 saturated heterocycles. The lowest BCUT2D eigenvalue weighted by Crippen LogP contribution is -2.28. The van der Waals surface area contributed by atoms with Crippen molar-refractivity contribution in [3.05, 3.63) is 0 Å². The zero-order valence-electron chi connectivity index (χ0n) is 8.37. The van der Waals surface area contributed by atoms with Gasteiger partial charge in [0.15, 0.2) is 5.96 Å². The fraction of sp³-hybridized carbons (Fsp3) is 0.889. The maximum Gasteiger partial charge on any atom is 0.185 e. The third-order valence-corrected chi connectivity index (χ3v) is 2.35. The number of nitrogens with zero attached hydrogens (tertiary/aromatic N) is 2. The molecule has 4 N–H and O–H groups in total. The summed E-state index contributed by atoms with van der Waals surface area (Å²) in [6, 6.07) is 0. The molecule has 0 amide bonds. The third kappa shape index (κ3) is 4.12. The minimum atomic E-state index is 0.202. The molecule has 4 heteroatoms. The first kappa shape index (κ1) is 10.3. The Morgan fingerprint density at radius 1 is 1.38 bits per heavy atom. The van der Waals surface area contributed by atoms with E-state index in [9.17, 15) is 0 Å². The van der Waals surface area contributed by atoms with E-state index in [1.165, 1.54) is 25.9 Å². The summed E-state index contributed by atoms with van der Waals surface area (Å²) in [5.74, 6) is 0.758. The highest BCUT2D eigenvalue weighted by Crippen LogP contribution is 2.10. The van der Waals surface area contributed by atoms with Gasteiger partial charge in [-0.1, -0.05) is 6.92 Å². The van der Waals surface area contributed by atoms with Crippen LogP contribution in [-0.4, -0.2) is 37.0 Å². The number of likely N-dealkylation sites (tertiary alicyclic amines) is 1. The zero-order chi connectivity index (χ0) is 9.68. The van der Waals surface area contributed by atoms with E-state index in [-0.39, 0.29) is 5.96 Å². The first-order valence-corrected chi connectivity index (χ1v) is 4.96. The van der Waals surface area contributed by atoms with Crippen LogP contribution in [0.5, 0.6) is 0 Å². The van der Waals surface area contributed by atoms with Crippen molar-refractivity contribution in [1.82, 2.24) is 4.90 Å². The summed E-state index contributed by atoms with van der Waals surface area (Å²) in [5, 5.41) is 0. The van der Waals surface area contributed by atoms with Gasteiger partial charge in [0, 0.05) is 13.1 Å². The molecule has 1 atom stereocenters. The maximum atomic E-state index is 5.26. The number of hydrogen-bond donors (Lipinski definition) is 2. The molecule has 1 aliphatic heterocycles. The Morgan fingerprint density at radius 3 is 2.54 bits per heavy atom. The van der Waals surface area contributed by atoms with Crippen molar-refractivity contribution in [2.24, 2.45) is 22.4 Å². The van der Waals surface area contributed by atoms with Gasteiger partial charge >= 0.3 is 0 Å². The van der Waals surface area contributed by atoms with Crippen molar-refractivity contribution in [2.75, 3.05) is 26.2 Å². The Morgan fingerprint density at radius 2 is 2.00 bits per heavy atom. The summed E-state index contributed by atoms with van der Waals surface area (Å²) in [6.45, 7) is 6.54. The first-order valence-electron chi connectivity index (χ1n) is 4.96. The third-order valence-electron chi connectivity index (χ3n) is 2.35. The van der Waals surface area contributed by atoms with E-state index in [2.05, 4.69) is 16.8 Å². The molecule has 4 nitrogen and oxygen atoms in total. The first-order chi connectivity index (χ1) is 6.18. The zero-order valence-corrected chi connectivity index (χ0v) is 8.37. The van der Waals surface area contributed by atoms with Gasteiger partial charge in [-0.3, -0.25) is 4.99 Å². The molecule has 0 radical (unpaired) electrons. The number of hydrogen-bond acceptors (Lipinski definition) is 2. The Labute approximate surface area is 80.0 Å². The standard InChI is InChI=1S/C9H20N4/c1-8(6-12-9(10)11)7-13-4-2-3-5-13/h8H,2-7H2,1H3,(H4,10,11,12). The molecular weight excluding hydrogens is 164 g/mol. The van der Waals surface area contributed by atoms with Gasteiger partial charge in [-0.25, -0.2) is 0 Å². The number of aliphatic imine (C=N–C) groups is 1. The number of nitrogens with two attached hydrogens (primary N) is 2. The van der Waals surface area contributed by atoms with Gasteiger partial charge < -0.3 is 16.4 Å². The molecule has 1 heterocycles. The van der Waals surface area contributed by atoms with E-state index in [4.69, 9.17) is 11.5 Å². The molecule has 0 aliphatic carbocycles. The van der Waals surface area contributed by atoms with Crippen molar-refractivity contribution in [3.63, 3.8) is 0 Å². The largest absolute Gasteiger partial charge is 0.370 e. The SMILES string of the molecule is CC(CN=C(N)N)CN1CCCC1. The minimum Gasteiger partial charge on any atom is -0.370 e. The van der Waals surface area contributed by atoms with Crippen LogP contribution < -0.4 is 11.5 Å². The summed E-state index contributed by atoms with van der Waals surface area (Å²) >= 11 is 0. The van der Waals surface area contributed by atoms with E-state index < -0.39 is 0 Å². The number of rotatable bonds is 4. The molecule has 0 aromatic rings. The van der Waals surface area contributed by atoms with Crippen LogP contribution >= 0.6 is 0 Å². The summed E-state index contributed by atoms with van der Waals surface area (Å²) in [5.41, 5.74) is 10.5. The van der Waals surface area contributed by atoms with Gasteiger partial charge in [0.25, 0.3) is 0 Å². The van der Waals surface area contributed by atoms with Gasteiger partial charge in [-0.15, -0.1) is 0 Å². The van der Waals surface area contributed by atoms with Gasteiger partial charge in [0.2, 0.25) is 0 Å². The van der Waals surface area contributed by atoms with Crippen molar-refractivity contribution >= 4 is 5.96 Å². The summed E-state index contributed by atoms with van der Waals surface area (Å²) in [4.78, 5) is 6.49. The Kier molecular flexibility index (Phi) is 4.02. The summed E-state index contributed by atoms with van der Waals surface area (Å²) < 4.78 is 0. The molecule has 1 aliphatic rings. The molecule has 76 valence electrons. The molecular formula is C9H20N4. The molecule has 13 heavy (non-hydrogen) atoms. The topological polar surface area (TPSA) is 67.6 Å². The normalized spacial score (nSPS) is 20.1. The highest BCUT2D eigenvalue weighted by atomic mass is 15.1. The summed E-state index contributed by atoms with van der Waals surface area (Å²) in [6.07, 6.45) is 2.68. The van der Waals surface area contributed by atoms with E-state index in [1.54, 1.807) is 0 Å². The smallest absolute Gasteiger partial charge is 0.185 e. The maximum absolute atomic E-state index is 5.26. The fourth-order valence-electron chi connectivity index (χ4n) is 1.72. The second kappa shape index (κ2) is 5.07. The van der Waals surface area contributed by atoms with Gasteiger partial charge in [-0.2, -0.15) is 0 Å². The van der Waals surface area contributed by atoms with Gasteiger partial charge in [0.1, 0.15) is 0 Å². The molecule has 0 spiro atoms. The lowest BCUT2D eigenvalue weighted by atomic mass is 10.2. The van der Waals surface area contributed by atoms with E-state index in [0.29, 0.717) is 5.92 Å². The molecule has 0 aromatic carbocycles. The average Bonchev–Trinajstić information content (AvgIpc) is 2.53. The van der Waals surface area contributed by atoms with Gasteiger partial charge in [-0.05, 0) is 31.8 Å². The Hall–Kier alpha value is -0.770. The molecule has 1 unspecified atom stereocenters. The van der Waals surface area contributed by atoms with Crippen LogP contribution in [0.25, 0.3) is 0 Å². The van der Waals surface area contributed by atoms with Crippen LogP contribution in [0.1, 0.15) is 19.8 Å². The predicted molar refractivity (Wildman–Crippen MR) is 55.5 cm³/mol. The van der Waals surface area contributed by atoms with Crippen molar-refractivity contribution < 1.29 is 0 Å². The highest BCUT2D eigenvalue weighted by molar-refractivity contribution is 5.75. The lowest BCUT2D eigenvalue weighted by molar-refractivity contribution is 0.291. The summed E-state index contributed by atoms with van der Waals surface area (Å²) in [7, 11) is 0. The van der Waals surface area contributed by atoms with Crippen LogP contribution in [-0.2, 0) is 0 Å². The molecule has 0 aromatic heterocycles. The van der Waals surface area contributed by atoms with Crippen molar-refractivity contribution in [3.8, 4) is 0 Å². The second-order valence-corrected chi connectivity index (χ2v) is 3.88. The highest BCUT2D eigenvalue weighted by Gasteiger charge is 2.13.